The van der Waals surface area contributed by atoms with E-state index in [2.05, 4.69) is 0 Å². The van der Waals surface area contributed by atoms with Crippen LogP contribution in [-0.2, 0) is 0 Å². The van der Waals surface area contributed by atoms with Crippen molar-refractivity contribution in [2.24, 2.45) is 0 Å². The van der Waals surface area contributed by atoms with E-state index in [1.54, 1.807) is 6.07 Å². The molecule has 1 aromatic carbocycles. The normalized spacial score (nSPS) is 13.1. The van der Waals surface area contributed by atoms with Crippen LogP contribution in [0.3, 0.4) is 0 Å². The van der Waals surface area contributed by atoms with Crippen molar-refractivity contribution in [1.82, 2.24) is 0 Å². The van der Waals surface area contributed by atoms with Gasteiger partial charge >= 0.3 is 0 Å². The smallest absolute Gasteiger partial charge is 0.231 e. The Morgan fingerprint density at radius 3 is 2.92 bits per heavy atom. The second-order valence-corrected chi connectivity index (χ2v) is 2.81. The van der Waals surface area contributed by atoms with E-state index in [0.29, 0.717) is 17.2 Å². The Hall–Kier alpha value is -1.58. The third-order valence-electron chi connectivity index (χ3n) is 1.98. The molecule has 1 aliphatic rings. The van der Waals surface area contributed by atoms with Crippen LogP contribution in [-0.4, -0.2) is 19.0 Å². The Bertz CT molecular complexity index is 342. The van der Waals surface area contributed by atoms with Crippen LogP contribution in [0.4, 0.5) is 0 Å². The molecule has 0 saturated carbocycles. The molecule has 1 N–H and O–H groups in total. The van der Waals surface area contributed by atoms with Crippen LogP contribution in [0.15, 0.2) is 6.07 Å². The van der Waals surface area contributed by atoms with Crippen molar-refractivity contribution in [1.29, 1.82) is 0 Å². The van der Waals surface area contributed by atoms with Gasteiger partial charge in [0.25, 0.3) is 0 Å². The van der Waals surface area contributed by atoms with Crippen molar-refractivity contribution < 1.29 is 19.3 Å². The minimum atomic E-state index is 0.00926. The average Bonchev–Trinajstić information content (AvgIpc) is 2.53. The molecule has 0 fully saturated rings. The molecule has 1 aromatic rings. The number of phenols is 1. The van der Waals surface area contributed by atoms with Crippen LogP contribution in [0.25, 0.3) is 0 Å². The molecule has 0 unspecified atom stereocenters. The fraction of sp³-hybridized carbons (Fsp3) is 0.333. The zero-order chi connectivity index (χ0) is 9.42. The number of aromatic hydroxyl groups is 1. The van der Waals surface area contributed by atoms with Crippen molar-refractivity contribution in [2.45, 2.75) is 6.92 Å². The van der Waals surface area contributed by atoms with Gasteiger partial charge in [-0.2, -0.15) is 0 Å². The van der Waals surface area contributed by atoms with Gasteiger partial charge in [-0.05, 0) is 18.6 Å². The molecule has 13 heavy (non-hydrogen) atoms. The predicted octanol–water partition coefficient (Wildman–Crippen LogP) is 1.44. The van der Waals surface area contributed by atoms with Crippen LogP contribution in [0.2, 0.25) is 0 Å². The summed E-state index contributed by atoms with van der Waals surface area (Å²) in [6.07, 6.45) is 0. The molecule has 0 amide bonds. The number of ether oxygens (including phenoxy) is 3. The first-order valence-electron chi connectivity index (χ1n) is 3.90. The average molecular weight is 182 g/mol. The van der Waals surface area contributed by atoms with E-state index in [1.165, 1.54) is 7.11 Å². The van der Waals surface area contributed by atoms with Crippen molar-refractivity contribution in [2.75, 3.05) is 13.9 Å². The number of methoxy groups -OCH3 is 1. The third kappa shape index (κ3) is 1.06. The molecule has 0 saturated heterocycles. The molecule has 0 spiro atoms. The highest BCUT2D eigenvalue weighted by atomic mass is 16.7. The Morgan fingerprint density at radius 2 is 2.23 bits per heavy atom. The lowest BCUT2D eigenvalue weighted by molar-refractivity contribution is 0.171. The lowest BCUT2D eigenvalue weighted by atomic mass is 10.2. The SMILES string of the molecule is COc1c(C)cc2c(c1O)OCO2. The van der Waals surface area contributed by atoms with E-state index in [-0.39, 0.29) is 12.5 Å². The zero-order valence-electron chi connectivity index (χ0n) is 7.46. The van der Waals surface area contributed by atoms with E-state index in [9.17, 15) is 5.11 Å². The van der Waals surface area contributed by atoms with E-state index in [0.717, 1.165) is 5.56 Å². The first kappa shape index (κ1) is 8.04. The topological polar surface area (TPSA) is 47.9 Å². The summed E-state index contributed by atoms with van der Waals surface area (Å²) >= 11 is 0. The number of aryl methyl sites for hydroxylation is 1. The van der Waals surface area contributed by atoms with Gasteiger partial charge in [-0.25, -0.2) is 0 Å². The van der Waals surface area contributed by atoms with Crippen molar-refractivity contribution in [3.05, 3.63) is 11.6 Å². The molecule has 4 heteroatoms. The summed E-state index contributed by atoms with van der Waals surface area (Å²) in [4.78, 5) is 0. The Morgan fingerprint density at radius 1 is 1.46 bits per heavy atom. The first-order chi connectivity index (χ1) is 6.24. The van der Waals surface area contributed by atoms with Gasteiger partial charge in [-0.1, -0.05) is 0 Å². The van der Waals surface area contributed by atoms with Gasteiger partial charge in [0.05, 0.1) is 7.11 Å². The Balaban J connectivity index is 2.62. The van der Waals surface area contributed by atoms with Crippen LogP contribution >= 0.6 is 0 Å². The fourth-order valence-corrected chi connectivity index (χ4v) is 1.39. The van der Waals surface area contributed by atoms with Gasteiger partial charge in [0.1, 0.15) is 0 Å². The molecule has 0 aromatic heterocycles. The summed E-state index contributed by atoms with van der Waals surface area (Å²) in [6.45, 7) is 1.98. The summed E-state index contributed by atoms with van der Waals surface area (Å²) in [7, 11) is 1.50. The lowest BCUT2D eigenvalue weighted by Crippen LogP contribution is -1.93. The van der Waals surface area contributed by atoms with Gasteiger partial charge in [-0.3, -0.25) is 0 Å². The Labute approximate surface area is 75.7 Å². The number of hydrogen-bond donors (Lipinski definition) is 1. The van der Waals surface area contributed by atoms with Crippen LogP contribution in [0.1, 0.15) is 5.56 Å². The zero-order valence-corrected chi connectivity index (χ0v) is 7.46. The molecular formula is C9H10O4. The highest BCUT2D eigenvalue weighted by molar-refractivity contribution is 5.62. The van der Waals surface area contributed by atoms with E-state index >= 15 is 0 Å². The van der Waals surface area contributed by atoms with Crippen LogP contribution in [0.5, 0.6) is 23.0 Å². The summed E-state index contributed by atoms with van der Waals surface area (Å²) in [5.74, 6) is 1.37. The highest BCUT2D eigenvalue weighted by Gasteiger charge is 2.23. The molecular weight excluding hydrogens is 172 g/mol. The number of fused-ring (bicyclic) bond motifs is 1. The monoisotopic (exact) mass is 182 g/mol. The molecule has 1 heterocycles. The van der Waals surface area contributed by atoms with Crippen molar-refractivity contribution in [3.8, 4) is 23.0 Å². The Kier molecular flexibility index (Phi) is 1.69. The second kappa shape index (κ2) is 2.73. The first-order valence-corrected chi connectivity index (χ1v) is 3.90. The number of rotatable bonds is 1. The minimum absolute atomic E-state index is 0.00926. The standard InChI is InChI=1S/C9H10O4/c1-5-3-6-9(13-4-12-6)7(10)8(5)11-2/h3,10H,4H2,1-2H3. The predicted molar refractivity (Wildman–Crippen MR) is 45.5 cm³/mol. The highest BCUT2D eigenvalue weighted by Crippen LogP contribution is 2.47. The van der Waals surface area contributed by atoms with Crippen molar-refractivity contribution in [3.63, 3.8) is 0 Å². The molecule has 0 bridgehead atoms. The summed E-state index contributed by atoms with van der Waals surface area (Å²) in [6, 6.07) is 1.78. The maximum absolute atomic E-state index is 9.66. The van der Waals surface area contributed by atoms with Gasteiger partial charge < -0.3 is 19.3 Å². The summed E-state index contributed by atoms with van der Waals surface area (Å²) in [5, 5.41) is 9.66. The maximum Gasteiger partial charge on any atom is 0.231 e. The van der Waals surface area contributed by atoms with Crippen molar-refractivity contribution >= 4 is 0 Å². The molecule has 1 aliphatic heterocycles. The molecule has 0 atom stereocenters. The summed E-state index contributed by atoms with van der Waals surface area (Å²) < 4.78 is 15.2. The lowest BCUT2D eigenvalue weighted by Gasteiger charge is -2.08. The molecule has 0 radical (unpaired) electrons. The minimum Gasteiger partial charge on any atom is -0.502 e. The molecule has 0 aliphatic carbocycles. The van der Waals surface area contributed by atoms with E-state index < -0.39 is 0 Å². The molecule has 70 valence electrons. The van der Waals surface area contributed by atoms with Gasteiger partial charge in [0.15, 0.2) is 11.5 Å². The van der Waals surface area contributed by atoms with Gasteiger partial charge in [-0.15, -0.1) is 0 Å². The van der Waals surface area contributed by atoms with Gasteiger partial charge in [0.2, 0.25) is 18.3 Å². The number of hydrogen-bond acceptors (Lipinski definition) is 4. The quantitative estimate of drug-likeness (QED) is 0.713. The molecule has 4 nitrogen and oxygen atoms in total. The maximum atomic E-state index is 9.66. The third-order valence-corrected chi connectivity index (χ3v) is 1.98. The van der Waals surface area contributed by atoms with E-state index in [4.69, 9.17) is 14.2 Å². The fourth-order valence-electron chi connectivity index (χ4n) is 1.39. The van der Waals surface area contributed by atoms with Crippen LogP contribution in [0, 0.1) is 6.92 Å². The number of benzene rings is 1. The molecule has 2 rings (SSSR count). The van der Waals surface area contributed by atoms with Gasteiger partial charge in [0, 0.05) is 0 Å². The van der Waals surface area contributed by atoms with Crippen LogP contribution < -0.4 is 14.2 Å². The largest absolute Gasteiger partial charge is 0.502 e. The second-order valence-electron chi connectivity index (χ2n) is 2.81. The van der Waals surface area contributed by atoms with E-state index in [1.807, 2.05) is 6.92 Å². The summed E-state index contributed by atoms with van der Waals surface area (Å²) in [5.41, 5.74) is 0.823. The number of phenolic OH excluding ortho intramolecular Hbond substituents is 1.